The summed E-state index contributed by atoms with van der Waals surface area (Å²) in [6.45, 7) is 10.0. The van der Waals surface area contributed by atoms with E-state index in [9.17, 15) is 14.7 Å². The van der Waals surface area contributed by atoms with Crippen molar-refractivity contribution in [1.82, 2.24) is 0 Å². The number of hydrogen-bond donors (Lipinski definition) is 0. The zero-order valence-electron chi connectivity index (χ0n) is 13.9. The second kappa shape index (κ2) is 9.47. The maximum Gasteiger partial charge on any atom is 1.00 e. The second-order valence-electron chi connectivity index (χ2n) is 6.31. The van der Waals surface area contributed by atoms with Gasteiger partial charge in [0.2, 0.25) is 0 Å². The van der Waals surface area contributed by atoms with Gasteiger partial charge in [-0.15, -0.1) is 0 Å². The number of carbonyl (C=O) groups excluding carboxylic acids is 2. The van der Waals surface area contributed by atoms with Gasteiger partial charge in [0.05, 0.1) is 12.4 Å². The van der Waals surface area contributed by atoms with Crippen LogP contribution in [0.15, 0.2) is 0 Å². The van der Waals surface area contributed by atoms with E-state index in [1.807, 2.05) is 27.7 Å². The topological polar surface area (TPSA) is 66.4 Å². The molecule has 1 unspecified atom stereocenters. The predicted molar refractivity (Wildman–Crippen MR) is 72.3 cm³/mol. The van der Waals surface area contributed by atoms with E-state index in [-0.39, 0.29) is 24.3 Å². The summed E-state index contributed by atoms with van der Waals surface area (Å²) in [5.74, 6) is -2.11. The van der Waals surface area contributed by atoms with E-state index in [2.05, 4.69) is 6.92 Å². The zero-order chi connectivity index (χ0) is 15.1. The Morgan fingerprint density at radius 3 is 2.00 bits per heavy atom. The predicted octanol–water partition coefficient (Wildman–Crippen LogP) is -0.551. The van der Waals surface area contributed by atoms with Crippen molar-refractivity contribution in [3.8, 4) is 0 Å². The molecule has 20 heavy (non-hydrogen) atoms. The number of aliphatic carboxylic acids is 1. The van der Waals surface area contributed by atoms with Gasteiger partial charge in [-0.25, -0.2) is 0 Å². The maximum atomic E-state index is 11.6. The quantitative estimate of drug-likeness (QED) is 0.259. The molecule has 0 heterocycles. The third-order valence-electron chi connectivity index (χ3n) is 3.72. The third kappa shape index (κ3) is 7.97. The van der Waals surface area contributed by atoms with Crippen LogP contribution in [0, 0.1) is 5.41 Å². The molecule has 0 radical (unpaired) electrons. The molecule has 0 aliphatic heterocycles. The summed E-state index contributed by atoms with van der Waals surface area (Å²) < 4.78 is 5.43. The molecular weight excluding hydrogens is 251 g/mol. The SMILES string of the molecule is CCCCCCC(C)(OC(=O)CC(=O)[O-])C(C)(C)C.[Li+]. The molecule has 0 fully saturated rings. The van der Waals surface area contributed by atoms with E-state index < -0.39 is 24.0 Å². The van der Waals surface area contributed by atoms with E-state index in [0.717, 1.165) is 32.1 Å². The van der Waals surface area contributed by atoms with Crippen LogP contribution in [0.25, 0.3) is 0 Å². The maximum absolute atomic E-state index is 11.6. The van der Waals surface area contributed by atoms with E-state index in [1.165, 1.54) is 0 Å². The molecular formula is C15H27LiO4. The molecule has 0 N–H and O–H groups in total. The number of carbonyl (C=O) groups is 2. The Kier molecular flexibility index (Phi) is 10.3. The average Bonchev–Trinajstić information content (AvgIpc) is 2.21. The van der Waals surface area contributed by atoms with Crippen LogP contribution in [0.3, 0.4) is 0 Å². The van der Waals surface area contributed by atoms with Gasteiger partial charge in [-0.1, -0.05) is 47.0 Å². The van der Waals surface area contributed by atoms with Crippen molar-refractivity contribution in [2.45, 2.75) is 78.7 Å². The van der Waals surface area contributed by atoms with Crippen LogP contribution in [0.2, 0.25) is 0 Å². The minimum Gasteiger partial charge on any atom is -0.550 e. The van der Waals surface area contributed by atoms with Crippen LogP contribution in [-0.4, -0.2) is 17.5 Å². The number of carboxylic acids is 1. The molecule has 0 aromatic rings. The van der Waals surface area contributed by atoms with Crippen molar-refractivity contribution in [2.24, 2.45) is 5.41 Å². The molecule has 0 saturated heterocycles. The first-order valence-corrected chi connectivity index (χ1v) is 7.04. The van der Waals surface area contributed by atoms with E-state index >= 15 is 0 Å². The summed E-state index contributed by atoms with van der Waals surface area (Å²) in [7, 11) is 0. The summed E-state index contributed by atoms with van der Waals surface area (Å²) in [6, 6.07) is 0. The van der Waals surface area contributed by atoms with Gasteiger partial charge in [0, 0.05) is 5.41 Å². The molecule has 0 amide bonds. The van der Waals surface area contributed by atoms with Crippen molar-refractivity contribution in [2.75, 3.05) is 0 Å². The number of unbranched alkanes of at least 4 members (excludes halogenated alkanes) is 3. The molecule has 5 heteroatoms. The number of esters is 1. The van der Waals surface area contributed by atoms with Crippen LogP contribution >= 0.6 is 0 Å². The molecule has 0 aliphatic rings. The molecule has 0 aromatic carbocycles. The van der Waals surface area contributed by atoms with Gasteiger partial charge in [-0.05, 0) is 19.8 Å². The number of ether oxygens (including phenoxy) is 1. The fraction of sp³-hybridized carbons (Fsp3) is 0.867. The van der Waals surface area contributed by atoms with E-state index in [0.29, 0.717) is 0 Å². The van der Waals surface area contributed by atoms with Crippen LogP contribution in [-0.2, 0) is 14.3 Å². The molecule has 0 aromatic heterocycles. The minimum atomic E-state index is -1.40. The molecule has 0 saturated carbocycles. The van der Waals surface area contributed by atoms with E-state index in [1.54, 1.807) is 0 Å². The van der Waals surface area contributed by atoms with E-state index in [4.69, 9.17) is 4.74 Å². The Labute approximate surface area is 134 Å². The molecule has 1 atom stereocenters. The smallest absolute Gasteiger partial charge is 0.550 e. The van der Waals surface area contributed by atoms with Crippen molar-refractivity contribution in [1.29, 1.82) is 0 Å². The molecule has 0 spiro atoms. The van der Waals surface area contributed by atoms with Crippen molar-refractivity contribution < 1.29 is 38.3 Å². The number of hydrogen-bond acceptors (Lipinski definition) is 4. The van der Waals surface area contributed by atoms with Crippen molar-refractivity contribution in [3.05, 3.63) is 0 Å². The Hall–Kier alpha value is -0.463. The van der Waals surface area contributed by atoms with Gasteiger partial charge in [0.15, 0.2) is 0 Å². The molecule has 0 aliphatic carbocycles. The molecule has 112 valence electrons. The van der Waals surface area contributed by atoms with Gasteiger partial charge in [0.25, 0.3) is 0 Å². The monoisotopic (exact) mass is 278 g/mol. The van der Waals surface area contributed by atoms with Gasteiger partial charge in [0.1, 0.15) is 5.60 Å². The third-order valence-corrected chi connectivity index (χ3v) is 3.72. The first kappa shape index (κ1) is 21.8. The van der Waals surface area contributed by atoms with Gasteiger partial charge in [-0.3, -0.25) is 4.79 Å². The Morgan fingerprint density at radius 2 is 1.60 bits per heavy atom. The Morgan fingerprint density at radius 1 is 1.05 bits per heavy atom. The van der Waals surface area contributed by atoms with Gasteiger partial charge in [-0.2, -0.15) is 0 Å². The zero-order valence-corrected chi connectivity index (χ0v) is 13.9. The normalized spacial score (nSPS) is 14.1. The summed E-state index contributed by atoms with van der Waals surface area (Å²) in [4.78, 5) is 22.0. The minimum absolute atomic E-state index is 0. The average molecular weight is 278 g/mol. The fourth-order valence-electron chi connectivity index (χ4n) is 1.87. The van der Waals surface area contributed by atoms with Crippen LogP contribution in [0.1, 0.15) is 73.1 Å². The second-order valence-corrected chi connectivity index (χ2v) is 6.31. The van der Waals surface area contributed by atoms with Crippen LogP contribution in [0.4, 0.5) is 0 Å². The first-order chi connectivity index (χ1) is 8.62. The van der Waals surface area contributed by atoms with Gasteiger partial charge < -0.3 is 14.6 Å². The molecule has 4 nitrogen and oxygen atoms in total. The molecule has 0 rings (SSSR count). The summed E-state index contributed by atoms with van der Waals surface area (Å²) in [6.07, 6.45) is 4.44. The number of rotatable bonds is 8. The Bertz CT molecular complexity index is 309. The van der Waals surface area contributed by atoms with Crippen LogP contribution < -0.4 is 24.0 Å². The first-order valence-electron chi connectivity index (χ1n) is 7.04. The molecule has 0 bridgehead atoms. The summed E-state index contributed by atoms with van der Waals surface area (Å²) in [5, 5.41) is 10.4. The number of carboxylic acid groups (broad SMARTS) is 1. The largest absolute Gasteiger partial charge is 1.00 e. The summed E-state index contributed by atoms with van der Waals surface area (Å²) in [5.41, 5.74) is -0.881. The van der Waals surface area contributed by atoms with Crippen molar-refractivity contribution in [3.63, 3.8) is 0 Å². The van der Waals surface area contributed by atoms with Crippen LogP contribution in [0.5, 0.6) is 0 Å². The van der Waals surface area contributed by atoms with Gasteiger partial charge >= 0.3 is 24.8 Å². The standard InChI is InChI=1S/C15H28O4.Li/c1-6-7-8-9-10-15(5,14(2,3)4)19-13(18)11-12(16)17;/h6-11H2,1-5H3,(H,16,17);/q;+1/p-1. The summed E-state index contributed by atoms with van der Waals surface area (Å²) >= 11 is 0. The fourth-order valence-corrected chi connectivity index (χ4v) is 1.87. The van der Waals surface area contributed by atoms with Crippen molar-refractivity contribution >= 4 is 11.9 Å². The Balaban J connectivity index is 0.